The normalized spacial score (nSPS) is 10.8. The second kappa shape index (κ2) is 24.8. The number of nitrogens with zero attached hydrogens (tertiary/aromatic N) is 1. The molecule has 0 aliphatic heterocycles. The van der Waals surface area contributed by atoms with Gasteiger partial charge in [-0.15, -0.1) is 0 Å². The molecule has 4 N–H and O–H groups in total. The fourth-order valence-electron chi connectivity index (χ4n) is 5.03. The Bertz CT molecular complexity index is 888. The molecule has 0 spiro atoms. The third kappa shape index (κ3) is 17.3. The largest absolute Gasteiger partial charge is 0.290 e. The first-order valence-corrected chi connectivity index (χ1v) is 16.7. The summed E-state index contributed by atoms with van der Waals surface area (Å²) in [5, 5.41) is 0.865. The summed E-state index contributed by atoms with van der Waals surface area (Å²) in [6.45, 7) is 4.45. The standard InChI is InChI=1S/C34H58N4O4/c1-3-5-7-9-11-13-15-17-19-21-23-31(39)37-38(34(42)30-27-25-29(26-28-30)33(41)36-35)32(40)24-22-20-18-16-14-12-10-8-6-4-2/h25-28H,3-24,35H2,1-2H3,(H,36,41)(H,37,39). The lowest BCUT2D eigenvalue weighted by molar-refractivity contribution is -0.138. The summed E-state index contributed by atoms with van der Waals surface area (Å²) in [6.07, 6.45) is 23.5. The summed E-state index contributed by atoms with van der Waals surface area (Å²) in [4.78, 5) is 50.8. The summed E-state index contributed by atoms with van der Waals surface area (Å²) in [7, 11) is 0. The van der Waals surface area contributed by atoms with E-state index in [-0.39, 0.29) is 24.3 Å². The lowest BCUT2D eigenvalue weighted by Crippen LogP contribution is -2.49. The maximum Gasteiger partial charge on any atom is 0.279 e. The topological polar surface area (TPSA) is 122 Å². The molecule has 1 rings (SSSR count). The number of imide groups is 1. The zero-order chi connectivity index (χ0) is 30.8. The van der Waals surface area contributed by atoms with Crippen molar-refractivity contribution < 1.29 is 19.2 Å². The van der Waals surface area contributed by atoms with E-state index >= 15 is 0 Å². The second-order valence-electron chi connectivity index (χ2n) is 11.5. The number of nitrogen functional groups attached to an aromatic ring is 1. The second-order valence-corrected chi connectivity index (χ2v) is 11.5. The first-order chi connectivity index (χ1) is 20.4. The Morgan fingerprint density at radius 1 is 0.571 bits per heavy atom. The summed E-state index contributed by atoms with van der Waals surface area (Å²) < 4.78 is 0. The number of rotatable bonds is 24. The SMILES string of the molecule is CCCCCCCCCCCCC(=O)NN(C(=O)CCCCCCCCCCCC)C(=O)c1ccc(C(=O)NN)cc1. The molecule has 0 aromatic heterocycles. The van der Waals surface area contributed by atoms with E-state index in [1.165, 1.54) is 108 Å². The Kier molecular flexibility index (Phi) is 22.0. The van der Waals surface area contributed by atoms with Crippen LogP contribution in [-0.4, -0.2) is 28.6 Å². The van der Waals surface area contributed by atoms with Gasteiger partial charge in [0.2, 0.25) is 11.8 Å². The van der Waals surface area contributed by atoms with Crippen LogP contribution < -0.4 is 16.7 Å². The summed E-state index contributed by atoms with van der Waals surface area (Å²) >= 11 is 0. The number of nitrogens with one attached hydrogen (secondary N) is 2. The number of hydrazine groups is 2. The van der Waals surface area contributed by atoms with E-state index in [2.05, 4.69) is 19.3 Å². The van der Waals surface area contributed by atoms with E-state index in [0.29, 0.717) is 12.0 Å². The minimum atomic E-state index is -0.608. The van der Waals surface area contributed by atoms with Crippen LogP contribution in [-0.2, 0) is 9.59 Å². The molecular weight excluding hydrogens is 528 g/mol. The monoisotopic (exact) mass is 586 g/mol. The molecule has 1 aromatic rings. The molecule has 42 heavy (non-hydrogen) atoms. The van der Waals surface area contributed by atoms with E-state index in [1.807, 2.05) is 5.43 Å². The van der Waals surface area contributed by atoms with Gasteiger partial charge in [0.1, 0.15) is 0 Å². The van der Waals surface area contributed by atoms with Crippen LogP contribution in [0.3, 0.4) is 0 Å². The Balaban J connectivity index is 2.55. The number of hydrogen-bond donors (Lipinski definition) is 3. The highest BCUT2D eigenvalue weighted by Gasteiger charge is 2.25. The molecule has 0 fully saturated rings. The van der Waals surface area contributed by atoms with E-state index in [1.54, 1.807) is 0 Å². The van der Waals surface area contributed by atoms with Gasteiger partial charge in [0, 0.05) is 24.0 Å². The highest BCUT2D eigenvalue weighted by Crippen LogP contribution is 2.14. The van der Waals surface area contributed by atoms with Crippen LogP contribution in [0, 0.1) is 0 Å². The number of amides is 4. The van der Waals surface area contributed by atoms with E-state index < -0.39 is 17.7 Å². The van der Waals surface area contributed by atoms with Gasteiger partial charge in [-0.05, 0) is 37.1 Å². The smallest absolute Gasteiger partial charge is 0.279 e. The van der Waals surface area contributed by atoms with Crippen LogP contribution in [0.25, 0.3) is 0 Å². The lowest BCUT2D eigenvalue weighted by atomic mass is 10.1. The van der Waals surface area contributed by atoms with E-state index in [4.69, 9.17) is 5.84 Å². The lowest BCUT2D eigenvalue weighted by Gasteiger charge is -2.22. The molecule has 4 amide bonds. The summed E-state index contributed by atoms with van der Waals surface area (Å²) in [6, 6.07) is 5.85. The maximum atomic E-state index is 13.3. The van der Waals surface area contributed by atoms with Crippen molar-refractivity contribution in [3.05, 3.63) is 35.4 Å². The van der Waals surface area contributed by atoms with Crippen molar-refractivity contribution in [3.8, 4) is 0 Å². The van der Waals surface area contributed by atoms with Crippen molar-refractivity contribution >= 4 is 23.6 Å². The highest BCUT2D eigenvalue weighted by atomic mass is 16.2. The van der Waals surface area contributed by atoms with Crippen LogP contribution in [0.5, 0.6) is 0 Å². The third-order valence-corrected chi connectivity index (χ3v) is 7.72. The predicted octanol–water partition coefficient (Wildman–Crippen LogP) is 7.91. The Morgan fingerprint density at radius 3 is 1.38 bits per heavy atom. The quantitative estimate of drug-likeness (QED) is 0.0492. The number of nitrogens with two attached hydrogens (primary N) is 1. The molecule has 8 heteroatoms. The van der Waals surface area contributed by atoms with Crippen molar-refractivity contribution in [3.63, 3.8) is 0 Å². The number of hydrogen-bond acceptors (Lipinski definition) is 5. The van der Waals surface area contributed by atoms with Crippen LogP contribution in [0.4, 0.5) is 0 Å². The first-order valence-electron chi connectivity index (χ1n) is 16.7. The van der Waals surface area contributed by atoms with Gasteiger partial charge in [-0.1, -0.05) is 129 Å². The Labute approximate surface area is 254 Å². The molecule has 0 saturated heterocycles. The van der Waals surface area contributed by atoms with E-state index in [0.717, 1.165) is 43.5 Å². The van der Waals surface area contributed by atoms with Gasteiger partial charge in [-0.2, -0.15) is 5.01 Å². The minimum absolute atomic E-state index is 0.189. The average Bonchev–Trinajstić information content (AvgIpc) is 3.00. The summed E-state index contributed by atoms with van der Waals surface area (Å²) in [5.41, 5.74) is 5.13. The fraction of sp³-hybridized carbons (Fsp3) is 0.706. The van der Waals surface area contributed by atoms with Crippen molar-refractivity contribution in [2.24, 2.45) is 5.84 Å². The van der Waals surface area contributed by atoms with Crippen molar-refractivity contribution in [2.45, 2.75) is 155 Å². The zero-order valence-corrected chi connectivity index (χ0v) is 26.5. The summed E-state index contributed by atoms with van der Waals surface area (Å²) in [5.74, 6) is 3.34. The van der Waals surface area contributed by atoms with Gasteiger partial charge < -0.3 is 0 Å². The van der Waals surface area contributed by atoms with Gasteiger partial charge >= 0.3 is 0 Å². The van der Waals surface area contributed by atoms with Gasteiger partial charge in [0.15, 0.2) is 0 Å². The number of benzene rings is 1. The molecule has 238 valence electrons. The van der Waals surface area contributed by atoms with Gasteiger partial charge in [-0.3, -0.25) is 30.0 Å². The number of unbranched alkanes of at least 4 members (excludes halogenated alkanes) is 18. The highest BCUT2D eigenvalue weighted by molar-refractivity contribution is 6.06. The molecular formula is C34H58N4O4. The maximum absolute atomic E-state index is 13.3. The molecule has 0 unspecified atom stereocenters. The van der Waals surface area contributed by atoms with E-state index in [9.17, 15) is 19.2 Å². The molecule has 0 radical (unpaired) electrons. The minimum Gasteiger partial charge on any atom is -0.290 e. The molecule has 0 atom stereocenters. The van der Waals surface area contributed by atoms with Gasteiger partial charge in [0.25, 0.3) is 11.8 Å². The molecule has 8 nitrogen and oxygen atoms in total. The molecule has 0 bridgehead atoms. The van der Waals surface area contributed by atoms with Crippen molar-refractivity contribution in [1.82, 2.24) is 15.9 Å². The Hall–Kier alpha value is -2.74. The third-order valence-electron chi connectivity index (χ3n) is 7.72. The molecule has 0 aliphatic rings. The van der Waals surface area contributed by atoms with Gasteiger partial charge in [0.05, 0.1) is 0 Å². The Morgan fingerprint density at radius 2 is 0.952 bits per heavy atom. The van der Waals surface area contributed by atoms with Crippen LogP contribution in [0.15, 0.2) is 24.3 Å². The number of carbonyl (C=O) groups is 4. The van der Waals surface area contributed by atoms with Crippen molar-refractivity contribution in [1.29, 1.82) is 0 Å². The molecule has 0 heterocycles. The zero-order valence-electron chi connectivity index (χ0n) is 26.5. The fourth-order valence-corrected chi connectivity index (χ4v) is 5.03. The van der Waals surface area contributed by atoms with Crippen molar-refractivity contribution in [2.75, 3.05) is 0 Å². The molecule has 0 aliphatic carbocycles. The van der Waals surface area contributed by atoms with Crippen LogP contribution in [0.1, 0.15) is 176 Å². The first kappa shape index (κ1) is 37.3. The molecule has 0 saturated carbocycles. The molecule has 1 aromatic carbocycles. The van der Waals surface area contributed by atoms with Gasteiger partial charge in [-0.25, -0.2) is 5.84 Å². The van der Waals surface area contributed by atoms with Crippen LogP contribution in [0.2, 0.25) is 0 Å². The average molecular weight is 587 g/mol. The van der Waals surface area contributed by atoms with Crippen LogP contribution >= 0.6 is 0 Å². The number of carbonyl (C=O) groups excluding carboxylic acids is 4. The predicted molar refractivity (Wildman–Crippen MR) is 170 cm³/mol.